The second-order valence-electron chi connectivity index (χ2n) is 3.62. The summed E-state index contributed by atoms with van der Waals surface area (Å²) in [4.78, 5) is 20.9. The maximum Gasteiger partial charge on any atom is 0.323 e. The van der Waals surface area contributed by atoms with Crippen LogP contribution in [0.1, 0.15) is 5.56 Å². The van der Waals surface area contributed by atoms with Gasteiger partial charge >= 0.3 is 5.69 Å². The van der Waals surface area contributed by atoms with Crippen molar-refractivity contribution >= 4 is 34.3 Å². The average Bonchev–Trinajstić information content (AvgIpc) is 2.92. The van der Waals surface area contributed by atoms with Gasteiger partial charge in [0.1, 0.15) is 0 Å². The standard InChI is InChI=1S/C12H9N3OS/c16-12-14-10-2-1-9(5-11(10)15-12)13-6-8-3-4-17-7-8/h1-7H,(H2,14,15,16). The smallest absolute Gasteiger partial charge is 0.306 e. The van der Waals surface area contributed by atoms with Gasteiger partial charge in [0.05, 0.1) is 16.7 Å². The van der Waals surface area contributed by atoms with Gasteiger partial charge in [0.2, 0.25) is 0 Å². The summed E-state index contributed by atoms with van der Waals surface area (Å²) in [5.41, 5.74) is 3.27. The molecule has 0 spiro atoms. The Balaban J connectivity index is 1.98. The van der Waals surface area contributed by atoms with Gasteiger partial charge in [0.25, 0.3) is 0 Å². The minimum atomic E-state index is -0.195. The van der Waals surface area contributed by atoms with Gasteiger partial charge in [-0.15, -0.1) is 0 Å². The number of hydrogen-bond acceptors (Lipinski definition) is 3. The van der Waals surface area contributed by atoms with Crippen LogP contribution in [0.25, 0.3) is 11.0 Å². The molecular formula is C12H9N3OS. The second kappa shape index (κ2) is 4.03. The van der Waals surface area contributed by atoms with E-state index in [1.165, 1.54) is 0 Å². The van der Waals surface area contributed by atoms with Crippen molar-refractivity contribution in [2.75, 3.05) is 0 Å². The number of nitrogens with zero attached hydrogens (tertiary/aromatic N) is 1. The van der Waals surface area contributed by atoms with Gasteiger partial charge in [0.15, 0.2) is 0 Å². The summed E-state index contributed by atoms with van der Waals surface area (Å²) in [6.45, 7) is 0. The van der Waals surface area contributed by atoms with E-state index in [1.807, 2.05) is 41.2 Å². The van der Waals surface area contributed by atoms with Gasteiger partial charge in [-0.25, -0.2) is 4.79 Å². The predicted molar refractivity (Wildman–Crippen MR) is 70.5 cm³/mol. The molecule has 0 atom stereocenters. The fraction of sp³-hybridized carbons (Fsp3) is 0. The minimum absolute atomic E-state index is 0.195. The van der Waals surface area contributed by atoms with Crippen LogP contribution in [0.3, 0.4) is 0 Å². The molecule has 2 heterocycles. The first-order valence-corrected chi connectivity index (χ1v) is 6.04. The van der Waals surface area contributed by atoms with E-state index < -0.39 is 0 Å². The monoisotopic (exact) mass is 243 g/mol. The Bertz CT molecular complexity index is 722. The number of aromatic nitrogens is 2. The summed E-state index contributed by atoms with van der Waals surface area (Å²) in [7, 11) is 0. The zero-order valence-corrected chi connectivity index (χ0v) is 9.62. The number of benzene rings is 1. The van der Waals surface area contributed by atoms with Crippen LogP contribution in [0.15, 0.2) is 44.8 Å². The lowest BCUT2D eigenvalue weighted by molar-refractivity contribution is 1.21. The van der Waals surface area contributed by atoms with Crippen molar-refractivity contribution in [1.82, 2.24) is 9.97 Å². The number of nitrogens with one attached hydrogen (secondary N) is 2. The van der Waals surface area contributed by atoms with E-state index >= 15 is 0 Å². The largest absolute Gasteiger partial charge is 0.323 e. The lowest BCUT2D eigenvalue weighted by Crippen LogP contribution is -1.99. The first-order valence-electron chi connectivity index (χ1n) is 5.09. The summed E-state index contributed by atoms with van der Waals surface area (Å²) in [5, 5.41) is 4.04. The Labute approximate surface area is 101 Å². The van der Waals surface area contributed by atoms with Gasteiger partial charge in [-0.05, 0) is 35.0 Å². The first kappa shape index (κ1) is 10.0. The maximum absolute atomic E-state index is 11.1. The van der Waals surface area contributed by atoms with E-state index in [4.69, 9.17) is 0 Å². The lowest BCUT2D eigenvalue weighted by Gasteiger charge is -1.93. The Hall–Kier alpha value is -2.14. The third kappa shape index (κ3) is 2.05. The topological polar surface area (TPSA) is 61.0 Å². The van der Waals surface area contributed by atoms with Crippen LogP contribution in [0.2, 0.25) is 0 Å². The fourth-order valence-corrected chi connectivity index (χ4v) is 2.21. The highest BCUT2D eigenvalue weighted by molar-refractivity contribution is 7.08. The highest BCUT2D eigenvalue weighted by Crippen LogP contribution is 2.17. The van der Waals surface area contributed by atoms with Crippen molar-refractivity contribution < 1.29 is 0 Å². The molecule has 0 bridgehead atoms. The second-order valence-corrected chi connectivity index (χ2v) is 4.40. The first-order chi connectivity index (χ1) is 8.31. The molecule has 0 aliphatic rings. The van der Waals surface area contributed by atoms with Gasteiger partial charge in [-0.1, -0.05) is 0 Å². The van der Waals surface area contributed by atoms with E-state index in [2.05, 4.69) is 15.0 Å². The van der Waals surface area contributed by atoms with E-state index in [-0.39, 0.29) is 5.69 Å². The molecular weight excluding hydrogens is 234 g/mol. The third-order valence-corrected chi connectivity index (χ3v) is 3.11. The number of fused-ring (bicyclic) bond motifs is 1. The lowest BCUT2D eigenvalue weighted by atomic mass is 10.3. The molecule has 2 N–H and O–H groups in total. The number of hydrogen-bond donors (Lipinski definition) is 2. The number of aliphatic imine (C=N–C) groups is 1. The molecule has 0 aliphatic heterocycles. The zero-order valence-electron chi connectivity index (χ0n) is 8.81. The molecule has 3 rings (SSSR count). The van der Waals surface area contributed by atoms with E-state index in [1.54, 1.807) is 11.3 Å². The van der Waals surface area contributed by atoms with Crippen molar-refractivity contribution in [1.29, 1.82) is 0 Å². The van der Waals surface area contributed by atoms with Gasteiger partial charge < -0.3 is 9.97 Å². The summed E-state index contributed by atoms with van der Waals surface area (Å²) < 4.78 is 0. The van der Waals surface area contributed by atoms with Crippen molar-refractivity contribution in [3.63, 3.8) is 0 Å². The summed E-state index contributed by atoms with van der Waals surface area (Å²) in [5.74, 6) is 0. The summed E-state index contributed by atoms with van der Waals surface area (Å²) in [6, 6.07) is 7.56. The third-order valence-electron chi connectivity index (χ3n) is 2.41. The molecule has 0 radical (unpaired) electrons. The van der Waals surface area contributed by atoms with Gasteiger partial charge in [-0.3, -0.25) is 4.99 Å². The Morgan fingerprint density at radius 1 is 1.18 bits per heavy atom. The van der Waals surface area contributed by atoms with Crippen LogP contribution >= 0.6 is 11.3 Å². The molecule has 0 fully saturated rings. The van der Waals surface area contributed by atoms with Crippen molar-refractivity contribution in [2.24, 2.45) is 4.99 Å². The highest BCUT2D eigenvalue weighted by Gasteiger charge is 1.98. The number of imidazole rings is 1. The molecule has 1 aromatic carbocycles. The molecule has 2 aromatic heterocycles. The number of thiophene rings is 1. The Kier molecular flexibility index (Phi) is 2.38. The normalized spacial score (nSPS) is 11.5. The van der Waals surface area contributed by atoms with E-state index in [9.17, 15) is 4.79 Å². The molecule has 0 saturated carbocycles. The van der Waals surface area contributed by atoms with Crippen molar-refractivity contribution in [2.45, 2.75) is 0 Å². The van der Waals surface area contributed by atoms with Gasteiger partial charge in [0, 0.05) is 11.8 Å². The van der Waals surface area contributed by atoms with Crippen LogP contribution < -0.4 is 5.69 Å². The Morgan fingerprint density at radius 3 is 2.88 bits per heavy atom. The molecule has 17 heavy (non-hydrogen) atoms. The van der Waals surface area contributed by atoms with E-state index in [0.717, 1.165) is 22.3 Å². The molecule has 84 valence electrons. The molecule has 0 amide bonds. The number of rotatable bonds is 2. The molecule has 0 unspecified atom stereocenters. The van der Waals surface area contributed by atoms with Crippen LogP contribution in [0.5, 0.6) is 0 Å². The molecule has 3 aromatic rings. The average molecular weight is 243 g/mol. The quantitative estimate of drug-likeness (QED) is 0.668. The summed E-state index contributed by atoms with van der Waals surface area (Å²) >= 11 is 1.64. The Morgan fingerprint density at radius 2 is 2.06 bits per heavy atom. The zero-order chi connectivity index (χ0) is 11.7. The fourth-order valence-electron chi connectivity index (χ4n) is 1.60. The van der Waals surface area contributed by atoms with E-state index in [0.29, 0.717) is 0 Å². The minimum Gasteiger partial charge on any atom is -0.306 e. The molecule has 4 nitrogen and oxygen atoms in total. The van der Waals surface area contributed by atoms with Crippen molar-refractivity contribution in [3.8, 4) is 0 Å². The molecule has 5 heteroatoms. The predicted octanol–water partition coefficient (Wildman–Crippen LogP) is 2.67. The SMILES string of the molecule is O=c1[nH]c2ccc(N=Cc3ccsc3)cc2[nH]1. The molecule has 0 saturated heterocycles. The molecule has 0 aliphatic carbocycles. The van der Waals surface area contributed by atoms with Crippen molar-refractivity contribution in [3.05, 3.63) is 51.1 Å². The van der Waals surface area contributed by atoms with Crippen LogP contribution in [-0.2, 0) is 0 Å². The van der Waals surface area contributed by atoms with Crippen LogP contribution in [0.4, 0.5) is 5.69 Å². The maximum atomic E-state index is 11.1. The summed E-state index contributed by atoms with van der Waals surface area (Å²) in [6.07, 6.45) is 1.81. The van der Waals surface area contributed by atoms with Crippen LogP contribution in [0, 0.1) is 0 Å². The number of H-pyrrole nitrogens is 2. The highest BCUT2D eigenvalue weighted by atomic mass is 32.1. The van der Waals surface area contributed by atoms with Crippen LogP contribution in [-0.4, -0.2) is 16.2 Å². The van der Waals surface area contributed by atoms with Gasteiger partial charge in [-0.2, -0.15) is 11.3 Å². The number of aromatic amines is 2.